The molecule has 0 aliphatic rings. The Morgan fingerprint density at radius 1 is 1.41 bits per heavy atom. The minimum atomic E-state index is -3.40. The average molecular weight is 254 g/mol. The zero-order chi connectivity index (χ0) is 12.7. The van der Waals surface area contributed by atoms with Crippen LogP contribution in [0.25, 0.3) is 0 Å². The van der Waals surface area contributed by atoms with Crippen molar-refractivity contribution in [2.24, 2.45) is 0 Å². The average Bonchev–Trinajstić information content (AvgIpc) is 2.29. The number of aliphatic hydroxyl groups is 1. The lowest BCUT2D eigenvalue weighted by Crippen LogP contribution is -2.26. The van der Waals surface area contributed by atoms with Crippen molar-refractivity contribution in [3.63, 3.8) is 0 Å². The van der Waals surface area contributed by atoms with E-state index in [1.54, 1.807) is 24.3 Å². The highest BCUT2D eigenvalue weighted by molar-refractivity contribution is 7.88. The number of sulfonamides is 1. The molecule has 0 bridgehead atoms. The first kappa shape index (κ1) is 13.6. The first-order valence-corrected chi connectivity index (χ1v) is 6.80. The summed E-state index contributed by atoms with van der Waals surface area (Å²) in [6, 6.07) is 8.43. The maximum Gasteiger partial charge on any atom is 0.215 e. The highest BCUT2D eigenvalue weighted by atomic mass is 32.2. The number of nitrogens with one attached hydrogen (secondary N) is 1. The molecule has 0 saturated heterocycles. The van der Waals surface area contributed by atoms with E-state index in [-0.39, 0.29) is 18.9 Å². The molecule has 0 heterocycles. The molecule has 1 aromatic rings. The van der Waals surface area contributed by atoms with Crippen LogP contribution in [0, 0.1) is 11.3 Å². The van der Waals surface area contributed by atoms with Gasteiger partial charge in [0, 0.05) is 13.2 Å². The minimum absolute atomic E-state index is 0.0492. The Morgan fingerprint density at radius 3 is 2.82 bits per heavy atom. The molecule has 0 fully saturated rings. The van der Waals surface area contributed by atoms with Gasteiger partial charge < -0.3 is 5.11 Å². The predicted molar refractivity (Wildman–Crippen MR) is 63.5 cm³/mol. The summed E-state index contributed by atoms with van der Waals surface area (Å²) in [6.07, 6.45) is 0.386. The van der Waals surface area contributed by atoms with Crippen molar-refractivity contribution in [1.82, 2.24) is 4.72 Å². The van der Waals surface area contributed by atoms with Crippen LogP contribution in [0.4, 0.5) is 0 Å². The molecule has 0 aromatic heterocycles. The number of nitriles is 1. The zero-order valence-corrected chi connectivity index (χ0v) is 10.1. The van der Waals surface area contributed by atoms with E-state index in [2.05, 4.69) is 4.72 Å². The molecule has 0 unspecified atom stereocenters. The minimum Gasteiger partial charge on any atom is -0.396 e. The molecule has 6 heteroatoms. The van der Waals surface area contributed by atoms with Crippen LogP contribution in [0.5, 0.6) is 0 Å². The molecule has 17 heavy (non-hydrogen) atoms. The standard InChI is InChI=1S/C11H14N2O3S/c12-8-10-3-1-4-11(7-10)9-17(15,16)13-5-2-6-14/h1,3-4,7,13-14H,2,5-6,9H2. The van der Waals surface area contributed by atoms with Crippen molar-refractivity contribution in [2.45, 2.75) is 12.2 Å². The van der Waals surface area contributed by atoms with Gasteiger partial charge in [0.05, 0.1) is 17.4 Å². The molecule has 0 spiro atoms. The summed E-state index contributed by atoms with van der Waals surface area (Å²) in [4.78, 5) is 0. The fourth-order valence-electron chi connectivity index (χ4n) is 1.31. The van der Waals surface area contributed by atoms with Gasteiger partial charge in [-0.05, 0) is 24.1 Å². The smallest absolute Gasteiger partial charge is 0.215 e. The molecule has 0 aliphatic carbocycles. The van der Waals surface area contributed by atoms with Crippen molar-refractivity contribution in [2.75, 3.05) is 13.2 Å². The number of nitrogens with zero attached hydrogens (tertiary/aromatic N) is 1. The molecular weight excluding hydrogens is 240 g/mol. The number of benzene rings is 1. The third kappa shape index (κ3) is 4.95. The maximum absolute atomic E-state index is 11.6. The lowest BCUT2D eigenvalue weighted by Gasteiger charge is -2.06. The van der Waals surface area contributed by atoms with Gasteiger partial charge in [0.25, 0.3) is 0 Å². The third-order valence-electron chi connectivity index (χ3n) is 2.07. The Kier molecular flexibility index (Phi) is 5.10. The summed E-state index contributed by atoms with van der Waals surface area (Å²) in [6.45, 7) is 0.170. The van der Waals surface area contributed by atoms with Gasteiger partial charge in [0.1, 0.15) is 0 Å². The largest absolute Gasteiger partial charge is 0.396 e. The summed E-state index contributed by atoms with van der Waals surface area (Å²) in [5, 5.41) is 17.2. The predicted octanol–water partition coefficient (Wildman–Crippen LogP) is 0.360. The Hall–Kier alpha value is -1.42. The maximum atomic E-state index is 11.6. The SMILES string of the molecule is N#Cc1cccc(CS(=O)(=O)NCCCO)c1. The second kappa shape index (κ2) is 6.35. The van der Waals surface area contributed by atoms with Crippen LogP contribution in [-0.4, -0.2) is 26.7 Å². The van der Waals surface area contributed by atoms with E-state index < -0.39 is 10.0 Å². The Bertz CT molecular complexity index is 506. The zero-order valence-electron chi connectivity index (χ0n) is 9.26. The number of rotatable bonds is 6. The van der Waals surface area contributed by atoms with Gasteiger partial charge in [-0.25, -0.2) is 13.1 Å². The van der Waals surface area contributed by atoms with Crippen LogP contribution >= 0.6 is 0 Å². The van der Waals surface area contributed by atoms with E-state index in [1.165, 1.54) is 0 Å². The van der Waals surface area contributed by atoms with Gasteiger partial charge in [-0.1, -0.05) is 12.1 Å². The highest BCUT2D eigenvalue weighted by Crippen LogP contribution is 2.07. The Morgan fingerprint density at radius 2 is 2.18 bits per heavy atom. The van der Waals surface area contributed by atoms with Crippen molar-refractivity contribution in [1.29, 1.82) is 5.26 Å². The molecule has 0 amide bonds. The molecule has 1 aromatic carbocycles. The highest BCUT2D eigenvalue weighted by Gasteiger charge is 2.10. The number of hydrogen-bond donors (Lipinski definition) is 2. The molecule has 5 nitrogen and oxygen atoms in total. The molecular formula is C11H14N2O3S. The van der Waals surface area contributed by atoms with E-state index in [1.807, 2.05) is 6.07 Å². The Balaban J connectivity index is 2.66. The van der Waals surface area contributed by atoms with Gasteiger partial charge in [0.2, 0.25) is 10.0 Å². The monoisotopic (exact) mass is 254 g/mol. The summed E-state index contributed by atoms with van der Waals surface area (Å²) in [5.41, 5.74) is 1.01. The second-order valence-corrected chi connectivity index (χ2v) is 5.35. The molecule has 0 atom stereocenters. The van der Waals surface area contributed by atoms with Crippen LogP contribution in [0.2, 0.25) is 0 Å². The van der Waals surface area contributed by atoms with Crippen LogP contribution in [0.1, 0.15) is 17.5 Å². The molecule has 92 valence electrons. The van der Waals surface area contributed by atoms with E-state index in [4.69, 9.17) is 10.4 Å². The Labute approximate surface area is 101 Å². The van der Waals surface area contributed by atoms with Crippen molar-refractivity contribution in [3.05, 3.63) is 35.4 Å². The lowest BCUT2D eigenvalue weighted by molar-refractivity contribution is 0.289. The number of hydrogen-bond acceptors (Lipinski definition) is 4. The molecule has 0 aliphatic heterocycles. The van der Waals surface area contributed by atoms with E-state index in [9.17, 15) is 8.42 Å². The van der Waals surface area contributed by atoms with Crippen molar-refractivity contribution in [3.8, 4) is 6.07 Å². The van der Waals surface area contributed by atoms with Crippen LogP contribution < -0.4 is 4.72 Å². The van der Waals surface area contributed by atoms with Gasteiger partial charge in [-0.2, -0.15) is 5.26 Å². The molecule has 2 N–H and O–H groups in total. The first-order valence-electron chi connectivity index (χ1n) is 5.14. The van der Waals surface area contributed by atoms with Gasteiger partial charge in [-0.15, -0.1) is 0 Å². The lowest BCUT2D eigenvalue weighted by atomic mass is 10.2. The summed E-state index contributed by atoms with van der Waals surface area (Å²) in [7, 11) is -3.40. The fourth-order valence-corrected chi connectivity index (χ4v) is 2.48. The number of aliphatic hydroxyl groups excluding tert-OH is 1. The van der Waals surface area contributed by atoms with E-state index in [0.29, 0.717) is 17.5 Å². The van der Waals surface area contributed by atoms with Crippen molar-refractivity contribution < 1.29 is 13.5 Å². The summed E-state index contributed by atoms with van der Waals surface area (Å²) < 4.78 is 25.6. The quantitative estimate of drug-likeness (QED) is 0.717. The summed E-state index contributed by atoms with van der Waals surface area (Å²) >= 11 is 0. The first-order chi connectivity index (χ1) is 8.07. The normalized spacial score (nSPS) is 11.1. The fraction of sp³-hybridized carbons (Fsp3) is 0.364. The van der Waals surface area contributed by atoms with E-state index in [0.717, 1.165) is 0 Å². The summed E-state index contributed by atoms with van der Waals surface area (Å²) in [5.74, 6) is -0.159. The second-order valence-electron chi connectivity index (χ2n) is 3.54. The molecule has 1 rings (SSSR count). The van der Waals surface area contributed by atoms with Crippen molar-refractivity contribution >= 4 is 10.0 Å². The third-order valence-corrected chi connectivity index (χ3v) is 3.43. The van der Waals surface area contributed by atoms with Crippen LogP contribution in [0.3, 0.4) is 0 Å². The van der Waals surface area contributed by atoms with Crippen LogP contribution in [-0.2, 0) is 15.8 Å². The van der Waals surface area contributed by atoms with Gasteiger partial charge in [0.15, 0.2) is 0 Å². The topological polar surface area (TPSA) is 90.2 Å². The van der Waals surface area contributed by atoms with E-state index >= 15 is 0 Å². The molecule has 0 saturated carbocycles. The van der Waals surface area contributed by atoms with Gasteiger partial charge in [-0.3, -0.25) is 0 Å². The van der Waals surface area contributed by atoms with Crippen LogP contribution in [0.15, 0.2) is 24.3 Å². The molecule has 0 radical (unpaired) electrons. The van der Waals surface area contributed by atoms with Gasteiger partial charge >= 0.3 is 0 Å².